The van der Waals surface area contributed by atoms with Gasteiger partial charge in [0.25, 0.3) is 0 Å². The molecular formula is C12H11F3N6O. The lowest BCUT2D eigenvalue weighted by Crippen LogP contribution is -2.21. The average molecular weight is 312 g/mol. The van der Waals surface area contributed by atoms with Gasteiger partial charge in [0.15, 0.2) is 11.5 Å². The molecule has 1 aliphatic carbocycles. The Morgan fingerprint density at radius 3 is 2.55 bits per heavy atom. The van der Waals surface area contributed by atoms with Crippen molar-refractivity contribution in [3.05, 3.63) is 30.0 Å². The number of nitrogens with zero attached hydrogens (tertiary/aromatic N) is 3. The van der Waals surface area contributed by atoms with Gasteiger partial charge in [-0.05, 0) is 12.8 Å². The SMILES string of the molecule is O=C(Nc1cnc(C(F)(F)F)cn1)Nc1cn[nH]c1C1CC1. The third-order valence-corrected chi connectivity index (χ3v) is 3.09. The lowest BCUT2D eigenvalue weighted by molar-refractivity contribution is -0.141. The zero-order valence-corrected chi connectivity index (χ0v) is 11.1. The highest BCUT2D eigenvalue weighted by atomic mass is 19.4. The summed E-state index contributed by atoms with van der Waals surface area (Å²) >= 11 is 0. The van der Waals surface area contributed by atoms with Crippen molar-refractivity contribution in [3.8, 4) is 0 Å². The summed E-state index contributed by atoms with van der Waals surface area (Å²) in [5.74, 6) is 0.283. The molecule has 0 aromatic carbocycles. The van der Waals surface area contributed by atoms with Gasteiger partial charge in [-0.25, -0.2) is 14.8 Å². The number of carbonyl (C=O) groups excluding carboxylic acids is 1. The summed E-state index contributed by atoms with van der Waals surface area (Å²) in [6, 6.07) is -0.627. The maximum atomic E-state index is 12.3. The number of aromatic amines is 1. The Morgan fingerprint density at radius 1 is 1.18 bits per heavy atom. The number of hydrogen-bond donors (Lipinski definition) is 3. The van der Waals surface area contributed by atoms with Crippen molar-refractivity contribution in [2.75, 3.05) is 10.6 Å². The number of amides is 2. The first-order chi connectivity index (χ1) is 10.4. The summed E-state index contributed by atoms with van der Waals surface area (Å²) < 4.78 is 37.0. The Bertz CT molecular complexity index is 677. The van der Waals surface area contributed by atoms with Crippen molar-refractivity contribution in [2.45, 2.75) is 24.9 Å². The second kappa shape index (κ2) is 5.28. The Labute approximate surface area is 122 Å². The van der Waals surface area contributed by atoms with E-state index in [1.165, 1.54) is 6.20 Å². The van der Waals surface area contributed by atoms with E-state index in [0.29, 0.717) is 17.8 Å². The highest BCUT2D eigenvalue weighted by Crippen LogP contribution is 2.42. The molecule has 2 heterocycles. The number of carbonyl (C=O) groups is 1. The maximum Gasteiger partial charge on any atom is 0.434 e. The van der Waals surface area contributed by atoms with E-state index in [0.717, 1.165) is 24.7 Å². The number of H-pyrrole nitrogens is 1. The van der Waals surface area contributed by atoms with Gasteiger partial charge in [-0.1, -0.05) is 0 Å². The van der Waals surface area contributed by atoms with Gasteiger partial charge < -0.3 is 5.32 Å². The summed E-state index contributed by atoms with van der Waals surface area (Å²) in [6.45, 7) is 0. The molecule has 3 N–H and O–H groups in total. The van der Waals surface area contributed by atoms with Crippen LogP contribution in [0.25, 0.3) is 0 Å². The summed E-state index contributed by atoms with van der Waals surface area (Å²) in [7, 11) is 0. The van der Waals surface area contributed by atoms with Crippen LogP contribution in [0.2, 0.25) is 0 Å². The van der Waals surface area contributed by atoms with Crippen LogP contribution < -0.4 is 10.6 Å². The molecule has 2 aromatic rings. The molecule has 0 spiro atoms. The minimum atomic E-state index is -4.57. The number of alkyl halides is 3. The van der Waals surface area contributed by atoms with Crippen LogP contribution in [0.1, 0.15) is 30.1 Å². The molecule has 3 rings (SSSR count). The molecule has 22 heavy (non-hydrogen) atoms. The largest absolute Gasteiger partial charge is 0.434 e. The van der Waals surface area contributed by atoms with Crippen LogP contribution in [0, 0.1) is 0 Å². The van der Waals surface area contributed by atoms with Crippen LogP contribution in [0.4, 0.5) is 29.5 Å². The molecule has 7 nitrogen and oxygen atoms in total. The van der Waals surface area contributed by atoms with Gasteiger partial charge in [0.1, 0.15) is 0 Å². The molecule has 2 amide bonds. The predicted octanol–water partition coefficient (Wildman–Crippen LogP) is 2.74. The first-order valence-corrected chi connectivity index (χ1v) is 6.44. The fourth-order valence-corrected chi connectivity index (χ4v) is 1.89. The number of rotatable bonds is 3. The Kier molecular flexibility index (Phi) is 3.43. The molecular weight excluding hydrogens is 301 g/mol. The molecule has 0 saturated heterocycles. The molecule has 0 unspecified atom stereocenters. The highest BCUT2D eigenvalue weighted by Gasteiger charge is 2.33. The Balaban J connectivity index is 1.63. The van der Waals surface area contributed by atoms with Gasteiger partial charge in [0.05, 0.1) is 30.0 Å². The zero-order chi connectivity index (χ0) is 15.7. The summed E-state index contributed by atoms with van der Waals surface area (Å²) in [6.07, 6.45) is 0.379. The topological polar surface area (TPSA) is 95.6 Å². The molecule has 2 aromatic heterocycles. The van der Waals surface area contributed by atoms with E-state index in [-0.39, 0.29) is 5.82 Å². The molecule has 1 saturated carbocycles. The van der Waals surface area contributed by atoms with Gasteiger partial charge in [0.2, 0.25) is 0 Å². The van der Waals surface area contributed by atoms with Crippen molar-refractivity contribution >= 4 is 17.5 Å². The minimum absolute atomic E-state index is 0.0815. The fraction of sp³-hybridized carbons (Fsp3) is 0.333. The average Bonchev–Trinajstić information content (AvgIpc) is 3.19. The summed E-state index contributed by atoms with van der Waals surface area (Å²) in [4.78, 5) is 18.5. The van der Waals surface area contributed by atoms with Crippen molar-refractivity contribution in [3.63, 3.8) is 0 Å². The summed E-state index contributed by atoms with van der Waals surface area (Å²) in [5, 5.41) is 11.6. The number of halogens is 3. The predicted molar refractivity (Wildman–Crippen MR) is 70.2 cm³/mol. The second-order valence-electron chi connectivity index (χ2n) is 4.84. The van der Waals surface area contributed by atoms with E-state index < -0.39 is 17.9 Å². The molecule has 0 bridgehead atoms. The van der Waals surface area contributed by atoms with Crippen LogP contribution in [-0.4, -0.2) is 26.2 Å². The monoisotopic (exact) mass is 312 g/mol. The molecule has 0 atom stereocenters. The highest BCUT2D eigenvalue weighted by molar-refractivity contribution is 5.99. The molecule has 0 aliphatic heterocycles. The van der Waals surface area contributed by atoms with Gasteiger partial charge in [-0.2, -0.15) is 18.3 Å². The lowest BCUT2D eigenvalue weighted by Gasteiger charge is -2.08. The van der Waals surface area contributed by atoms with E-state index in [4.69, 9.17) is 0 Å². The third kappa shape index (κ3) is 3.15. The van der Waals surface area contributed by atoms with Crippen molar-refractivity contribution in [1.29, 1.82) is 0 Å². The first kappa shape index (κ1) is 14.3. The maximum absolute atomic E-state index is 12.3. The van der Waals surface area contributed by atoms with E-state index in [9.17, 15) is 18.0 Å². The number of hydrogen-bond acceptors (Lipinski definition) is 4. The number of nitrogens with one attached hydrogen (secondary N) is 3. The number of urea groups is 1. The third-order valence-electron chi connectivity index (χ3n) is 3.09. The standard InChI is InChI=1S/C12H11F3N6O/c13-12(14,15)8-4-17-9(5-16-8)20-11(22)19-7-3-18-21-10(7)6-1-2-6/h3-6H,1-2H2,(H,18,21)(H2,17,19,20,22). The van der Waals surface area contributed by atoms with E-state index in [2.05, 4.69) is 30.8 Å². The Hall–Kier alpha value is -2.65. The number of anilines is 2. The van der Waals surface area contributed by atoms with Gasteiger partial charge in [-0.15, -0.1) is 0 Å². The smallest absolute Gasteiger partial charge is 0.305 e. The van der Waals surface area contributed by atoms with Gasteiger partial charge >= 0.3 is 12.2 Å². The number of aromatic nitrogens is 4. The zero-order valence-electron chi connectivity index (χ0n) is 11.1. The van der Waals surface area contributed by atoms with Gasteiger partial charge in [0, 0.05) is 5.92 Å². The van der Waals surface area contributed by atoms with Crippen molar-refractivity contribution < 1.29 is 18.0 Å². The Morgan fingerprint density at radius 2 is 1.95 bits per heavy atom. The van der Waals surface area contributed by atoms with Crippen LogP contribution >= 0.6 is 0 Å². The van der Waals surface area contributed by atoms with Crippen molar-refractivity contribution in [2.24, 2.45) is 0 Å². The van der Waals surface area contributed by atoms with Crippen LogP contribution in [0.15, 0.2) is 18.6 Å². The normalized spacial score (nSPS) is 14.7. The summed E-state index contributed by atoms with van der Waals surface area (Å²) in [5.41, 5.74) is 0.262. The fourth-order valence-electron chi connectivity index (χ4n) is 1.89. The van der Waals surface area contributed by atoms with Crippen LogP contribution in [-0.2, 0) is 6.18 Å². The van der Waals surface area contributed by atoms with E-state index in [1.54, 1.807) is 0 Å². The van der Waals surface area contributed by atoms with E-state index >= 15 is 0 Å². The molecule has 1 aliphatic rings. The lowest BCUT2D eigenvalue weighted by atomic mass is 10.2. The quantitative estimate of drug-likeness (QED) is 0.812. The molecule has 0 radical (unpaired) electrons. The molecule has 116 valence electrons. The molecule has 10 heteroatoms. The van der Waals surface area contributed by atoms with Gasteiger partial charge in [-0.3, -0.25) is 10.4 Å². The van der Waals surface area contributed by atoms with Crippen LogP contribution in [0.5, 0.6) is 0 Å². The van der Waals surface area contributed by atoms with Crippen LogP contribution in [0.3, 0.4) is 0 Å². The van der Waals surface area contributed by atoms with E-state index in [1.807, 2.05) is 0 Å². The minimum Gasteiger partial charge on any atom is -0.305 e. The first-order valence-electron chi connectivity index (χ1n) is 6.44. The molecule has 1 fully saturated rings. The van der Waals surface area contributed by atoms with Crippen molar-refractivity contribution in [1.82, 2.24) is 20.2 Å². The second-order valence-corrected chi connectivity index (χ2v) is 4.84.